The summed E-state index contributed by atoms with van der Waals surface area (Å²) in [6.45, 7) is 2.09. The van der Waals surface area contributed by atoms with Gasteiger partial charge in [-0.3, -0.25) is 9.69 Å². The van der Waals surface area contributed by atoms with Crippen LogP contribution in [0.1, 0.15) is 10.6 Å². The molecule has 0 saturated carbocycles. The van der Waals surface area contributed by atoms with Gasteiger partial charge >= 0.3 is 0 Å². The zero-order chi connectivity index (χ0) is 14.4. The maximum atomic E-state index is 11.7. The molecular weight excluding hydrogens is 266 g/mol. The molecule has 20 heavy (non-hydrogen) atoms. The van der Waals surface area contributed by atoms with Crippen LogP contribution in [0.4, 0.5) is 0 Å². The quantitative estimate of drug-likeness (QED) is 0.601. The fourth-order valence-corrected chi connectivity index (χ4v) is 2.10. The van der Waals surface area contributed by atoms with Gasteiger partial charge in [0.2, 0.25) is 5.76 Å². The van der Waals surface area contributed by atoms with Gasteiger partial charge in [-0.15, -0.1) is 0 Å². The Balaban J connectivity index is 1.90. The molecule has 2 rings (SSSR count). The second kappa shape index (κ2) is 6.80. The van der Waals surface area contributed by atoms with Crippen molar-refractivity contribution in [1.29, 1.82) is 0 Å². The summed E-state index contributed by atoms with van der Waals surface area (Å²) >= 11 is 0. The first-order chi connectivity index (χ1) is 9.63. The lowest BCUT2D eigenvalue weighted by molar-refractivity contribution is -0.0348. The van der Waals surface area contributed by atoms with Crippen molar-refractivity contribution in [2.24, 2.45) is 0 Å². The molecule has 1 saturated heterocycles. The molecular formula is C12H19N3O5. The zero-order valence-corrected chi connectivity index (χ0v) is 11.1. The second-order valence-electron chi connectivity index (χ2n) is 4.83. The molecule has 0 bridgehead atoms. The summed E-state index contributed by atoms with van der Waals surface area (Å²) in [6, 6.07) is 0. The van der Waals surface area contributed by atoms with Crippen LogP contribution in [-0.4, -0.2) is 77.6 Å². The molecule has 112 valence electrons. The van der Waals surface area contributed by atoms with Crippen LogP contribution in [0.2, 0.25) is 0 Å². The molecule has 0 radical (unpaired) electrons. The standard InChI is InChI=1S/C12H19N3O5/c16-3-1-15-2-4-19-8-12(18,7-15)6-14-11(17)10-5-13-9-20-10/h5,9,16,18H,1-4,6-8H2,(H,14,17). The summed E-state index contributed by atoms with van der Waals surface area (Å²) < 4.78 is 10.2. The van der Waals surface area contributed by atoms with E-state index in [1.807, 2.05) is 4.90 Å². The highest BCUT2D eigenvalue weighted by Gasteiger charge is 2.33. The minimum atomic E-state index is -1.19. The van der Waals surface area contributed by atoms with Crippen molar-refractivity contribution >= 4 is 5.91 Å². The fraction of sp³-hybridized carbons (Fsp3) is 0.667. The topological polar surface area (TPSA) is 108 Å². The molecule has 0 aromatic carbocycles. The van der Waals surface area contributed by atoms with Crippen LogP contribution in [0.15, 0.2) is 17.0 Å². The Morgan fingerprint density at radius 1 is 1.60 bits per heavy atom. The Hall–Kier alpha value is -1.48. The van der Waals surface area contributed by atoms with Gasteiger partial charge in [0.15, 0.2) is 6.39 Å². The first-order valence-electron chi connectivity index (χ1n) is 6.43. The number of hydrogen-bond acceptors (Lipinski definition) is 7. The van der Waals surface area contributed by atoms with Gasteiger partial charge in [-0.1, -0.05) is 0 Å². The third kappa shape index (κ3) is 4.01. The van der Waals surface area contributed by atoms with Gasteiger partial charge in [0.25, 0.3) is 5.91 Å². The highest BCUT2D eigenvalue weighted by atomic mass is 16.5. The van der Waals surface area contributed by atoms with Crippen LogP contribution in [0.3, 0.4) is 0 Å². The normalized spacial score (nSPS) is 24.3. The summed E-state index contributed by atoms with van der Waals surface area (Å²) in [5, 5.41) is 22.0. The Bertz CT molecular complexity index is 425. The molecule has 1 amide bonds. The van der Waals surface area contributed by atoms with E-state index in [1.165, 1.54) is 12.6 Å². The average Bonchev–Trinajstić information content (AvgIpc) is 2.89. The molecule has 1 aromatic rings. The Kier molecular flexibility index (Phi) is 5.07. The van der Waals surface area contributed by atoms with Gasteiger partial charge in [-0.25, -0.2) is 4.98 Å². The van der Waals surface area contributed by atoms with Crippen molar-refractivity contribution in [3.8, 4) is 0 Å². The lowest BCUT2D eigenvalue weighted by Crippen LogP contribution is -2.52. The van der Waals surface area contributed by atoms with Crippen molar-refractivity contribution in [1.82, 2.24) is 15.2 Å². The molecule has 2 heterocycles. The van der Waals surface area contributed by atoms with E-state index in [-0.39, 0.29) is 25.5 Å². The molecule has 8 heteroatoms. The van der Waals surface area contributed by atoms with Crippen LogP contribution in [0.5, 0.6) is 0 Å². The largest absolute Gasteiger partial charge is 0.438 e. The first-order valence-corrected chi connectivity index (χ1v) is 6.43. The number of hydrogen-bond donors (Lipinski definition) is 3. The first kappa shape index (κ1) is 14.9. The number of nitrogens with one attached hydrogen (secondary N) is 1. The molecule has 1 atom stereocenters. The zero-order valence-electron chi connectivity index (χ0n) is 11.1. The lowest BCUT2D eigenvalue weighted by atomic mass is 10.1. The summed E-state index contributed by atoms with van der Waals surface area (Å²) in [4.78, 5) is 17.3. The molecule has 3 N–H and O–H groups in total. The highest BCUT2D eigenvalue weighted by molar-refractivity contribution is 5.91. The number of aromatic nitrogens is 1. The van der Waals surface area contributed by atoms with Crippen molar-refractivity contribution in [3.63, 3.8) is 0 Å². The number of β-amino-alcohol motifs (C(OH)–C–C–N with tert-alkyl or cyclic N) is 2. The van der Waals surface area contributed by atoms with Crippen molar-refractivity contribution < 1.29 is 24.2 Å². The van der Waals surface area contributed by atoms with E-state index in [1.54, 1.807) is 0 Å². The predicted molar refractivity (Wildman–Crippen MR) is 68.1 cm³/mol. The van der Waals surface area contributed by atoms with E-state index in [0.717, 1.165) is 0 Å². The van der Waals surface area contributed by atoms with Crippen LogP contribution < -0.4 is 5.32 Å². The predicted octanol–water partition coefficient (Wildman–Crippen LogP) is -1.54. The van der Waals surface area contributed by atoms with E-state index >= 15 is 0 Å². The van der Waals surface area contributed by atoms with Gasteiger partial charge in [0.05, 0.1) is 32.6 Å². The van der Waals surface area contributed by atoms with Crippen LogP contribution >= 0.6 is 0 Å². The van der Waals surface area contributed by atoms with E-state index in [0.29, 0.717) is 26.2 Å². The number of rotatable bonds is 5. The van der Waals surface area contributed by atoms with E-state index in [2.05, 4.69) is 10.3 Å². The van der Waals surface area contributed by atoms with Gasteiger partial charge < -0.3 is 24.7 Å². The van der Waals surface area contributed by atoms with Crippen LogP contribution in [0, 0.1) is 0 Å². The van der Waals surface area contributed by atoms with Gasteiger partial charge in [0.1, 0.15) is 5.60 Å². The molecule has 8 nitrogen and oxygen atoms in total. The average molecular weight is 285 g/mol. The third-order valence-electron chi connectivity index (χ3n) is 3.09. The molecule has 0 spiro atoms. The minimum absolute atomic E-state index is 0.0144. The van der Waals surface area contributed by atoms with Crippen LogP contribution in [0.25, 0.3) is 0 Å². The number of carbonyl (C=O) groups is 1. The number of nitrogens with zero attached hydrogens (tertiary/aromatic N) is 2. The summed E-state index contributed by atoms with van der Waals surface area (Å²) in [5.74, 6) is -0.343. The molecule has 0 aliphatic carbocycles. The lowest BCUT2D eigenvalue weighted by Gasteiger charge is -2.30. The van der Waals surface area contributed by atoms with E-state index in [4.69, 9.17) is 14.3 Å². The Labute approximate surface area is 116 Å². The smallest absolute Gasteiger partial charge is 0.288 e. The highest BCUT2D eigenvalue weighted by Crippen LogP contribution is 2.11. The monoisotopic (exact) mass is 285 g/mol. The maximum absolute atomic E-state index is 11.7. The van der Waals surface area contributed by atoms with Crippen molar-refractivity contribution in [3.05, 3.63) is 18.4 Å². The Morgan fingerprint density at radius 3 is 3.15 bits per heavy atom. The number of carbonyl (C=O) groups excluding carboxylic acids is 1. The Morgan fingerprint density at radius 2 is 2.45 bits per heavy atom. The fourth-order valence-electron chi connectivity index (χ4n) is 2.10. The number of amides is 1. The number of oxazole rings is 1. The van der Waals surface area contributed by atoms with Crippen LogP contribution in [-0.2, 0) is 4.74 Å². The van der Waals surface area contributed by atoms with Gasteiger partial charge in [-0.05, 0) is 0 Å². The minimum Gasteiger partial charge on any atom is -0.438 e. The number of ether oxygens (including phenoxy) is 1. The van der Waals surface area contributed by atoms with E-state index in [9.17, 15) is 9.90 Å². The summed E-state index contributed by atoms with van der Waals surface area (Å²) in [5.41, 5.74) is -1.19. The van der Waals surface area contributed by atoms with Crippen molar-refractivity contribution in [2.75, 3.05) is 46.0 Å². The summed E-state index contributed by atoms with van der Waals surface area (Å²) in [7, 11) is 0. The number of aliphatic hydroxyl groups is 2. The van der Waals surface area contributed by atoms with Crippen molar-refractivity contribution in [2.45, 2.75) is 5.60 Å². The van der Waals surface area contributed by atoms with Gasteiger partial charge in [0, 0.05) is 19.6 Å². The molecule has 1 unspecified atom stereocenters. The molecule has 1 aliphatic heterocycles. The van der Waals surface area contributed by atoms with E-state index < -0.39 is 11.5 Å². The second-order valence-corrected chi connectivity index (χ2v) is 4.83. The SMILES string of the molecule is O=C(NCC1(O)COCCN(CCO)C1)c1cnco1. The maximum Gasteiger partial charge on any atom is 0.288 e. The molecule has 1 fully saturated rings. The number of aliphatic hydroxyl groups excluding tert-OH is 1. The summed E-state index contributed by atoms with van der Waals surface area (Å²) in [6.07, 6.45) is 2.47. The molecule has 1 aliphatic rings. The molecule has 1 aromatic heterocycles. The van der Waals surface area contributed by atoms with Gasteiger partial charge in [-0.2, -0.15) is 0 Å². The third-order valence-corrected chi connectivity index (χ3v) is 3.09.